The minimum Gasteiger partial charge on any atom is -0.375 e. The van der Waals surface area contributed by atoms with Crippen LogP contribution in [0.1, 0.15) is 66.0 Å². The molecule has 2 fully saturated rings. The van der Waals surface area contributed by atoms with Crippen LogP contribution in [-0.4, -0.2) is 23.7 Å². The lowest BCUT2D eigenvalue weighted by atomic mass is 9.68. The molecule has 1 spiro atoms. The van der Waals surface area contributed by atoms with Crippen LogP contribution < -0.4 is 10.7 Å². The van der Waals surface area contributed by atoms with Gasteiger partial charge in [-0.15, -0.1) is 11.3 Å². The average Bonchev–Trinajstić information content (AvgIpc) is 3.25. The number of nitrogens with one attached hydrogen (secondary N) is 2. The summed E-state index contributed by atoms with van der Waals surface area (Å²) in [6, 6.07) is 5.72. The fraction of sp³-hybridized carbons (Fsp3) is 0.609. The van der Waals surface area contributed by atoms with Gasteiger partial charge in [-0.3, -0.25) is 4.79 Å². The lowest BCUT2D eigenvalue weighted by molar-refractivity contribution is -0.104. The summed E-state index contributed by atoms with van der Waals surface area (Å²) in [4.78, 5) is 18.3. The van der Waals surface area contributed by atoms with Crippen molar-refractivity contribution in [1.29, 1.82) is 0 Å². The molecular weight excluding hydrogens is 368 g/mol. The molecule has 152 valence electrons. The van der Waals surface area contributed by atoms with Crippen LogP contribution in [-0.2, 0) is 16.7 Å². The van der Waals surface area contributed by atoms with E-state index in [1.807, 2.05) is 17.4 Å². The fourth-order valence-electron chi connectivity index (χ4n) is 5.17. The highest BCUT2D eigenvalue weighted by Crippen LogP contribution is 2.49. The first kappa shape index (κ1) is 19.9. The molecule has 2 aromatic rings. The van der Waals surface area contributed by atoms with Gasteiger partial charge in [-0.1, -0.05) is 12.8 Å². The number of pyridine rings is 1. The molecule has 4 rings (SSSR count). The van der Waals surface area contributed by atoms with E-state index in [-0.39, 0.29) is 16.4 Å². The number of ether oxygens (including phenoxy) is 1. The van der Waals surface area contributed by atoms with Crippen molar-refractivity contribution in [2.45, 2.75) is 76.4 Å². The van der Waals surface area contributed by atoms with Crippen molar-refractivity contribution in [3.63, 3.8) is 0 Å². The smallest absolute Gasteiger partial charge is 0.181 e. The van der Waals surface area contributed by atoms with Gasteiger partial charge in [0.25, 0.3) is 0 Å². The van der Waals surface area contributed by atoms with E-state index in [2.05, 4.69) is 30.2 Å². The zero-order valence-electron chi connectivity index (χ0n) is 17.1. The van der Waals surface area contributed by atoms with Crippen LogP contribution in [0.3, 0.4) is 0 Å². The largest absolute Gasteiger partial charge is 0.375 e. The van der Waals surface area contributed by atoms with Crippen molar-refractivity contribution < 1.29 is 4.74 Å². The van der Waals surface area contributed by atoms with Crippen molar-refractivity contribution in [2.24, 2.45) is 0 Å². The molecule has 0 aromatic carbocycles. The maximum atomic E-state index is 12.1. The molecule has 4 nitrogen and oxygen atoms in total. The van der Waals surface area contributed by atoms with Crippen molar-refractivity contribution in [3.05, 3.63) is 55.6 Å². The molecule has 0 radical (unpaired) electrons. The lowest BCUT2D eigenvalue weighted by Crippen LogP contribution is -2.47. The normalized spacial score (nSPS) is 24.1. The van der Waals surface area contributed by atoms with Gasteiger partial charge in [0.15, 0.2) is 5.43 Å². The van der Waals surface area contributed by atoms with Crippen LogP contribution in [0, 0.1) is 13.8 Å². The second-order valence-electron chi connectivity index (χ2n) is 8.76. The Morgan fingerprint density at radius 1 is 1.21 bits per heavy atom. The molecule has 2 N–H and O–H groups in total. The number of H-pyrrole nitrogens is 1. The topological polar surface area (TPSA) is 54.1 Å². The Bertz CT molecular complexity index is 846. The minimum absolute atomic E-state index is 0.00269. The van der Waals surface area contributed by atoms with Gasteiger partial charge in [0.2, 0.25) is 0 Å². The number of thiophene rings is 1. The molecule has 1 atom stereocenters. The Hall–Kier alpha value is -1.43. The summed E-state index contributed by atoms with van der Waals surface area (Å²) in [7, 11) is 0. The van der Waals surface area contributed by atoms with Crippen LogP contribution in [0.25, 0.3) is 0 Å². The Morgan fingerprint density at radius 3 is 2.75 bits per heavy atom. The van der Waals surface area contributed by atoms with E-state index in [0.29, 0.717) is 0 Å². The summed E-state index contributed by atoms with van der Waals surface area (Å²) in [6.07, 6.45) is 9.68. The molecule has 0 amide bonds. The van der Waals surface area contributed by atoms with E-state index in [1.54, 1.807) is 12.3 Å². The first-order valence-electron chi connectivity index (χ1n) is 10.6. The van der Waals surface area contributed by atoms with E-state index in [0.717, 1.165) is 57.5 Å². The van der Waals surface area contributed by atoms with E-state index in [9.17, 15) is 4.79 Å². The predicted octanol–water partition coefficient (Wildman–Crippen LogP) is 4.59. The van der Waals surface area contributed by atoms with Crippen LogP contribution in [0.5, 0.6) is 0 Å². The molecule has 28 heavy (non-hydrogen) atoms. The summed E-state index contributed by atoms with van der Waals surface area (Å²) in [5.41, 5.74) is 2.59. The van der Waals surface area contributed by atoms with Crippen LogP contribution in [0.15, 0.2) is 29.2 Å². The van der Waals surface area contributed by atoms with Gasteiger partial charge in [-0.25, -0.2) is 0 Å². The Labute approximate surface area is 171 Å². The zero-order chi connectivity index (χ0) is 19.6. The summed E-state index contributed by atoms with van der Waals surface area (Å²) < 4.78 is 6.31. The number of hydrogen-bond donors (Lipinski definition) is 2. The summed E-state index contributed by atoms with van der Waals surface area (Å²) in [5, 5.41) is 3.66. The number of aromatic amines is 1. The van der Waals surface area contributed by atoms with Crippen LogP contribution in [0.4, 0.5) is 0 Å². The highest BCUT2D eigenvalue weighted by atomic mass is 32.1. The first-order chi connectivity index (χ1) is 13.5. The monoisotopic (exact) mass is 400 g/mol. The molecular formula is C23H32N2O2S. The number of aryl methyl sites for hydroxylation is 2. The SMILES string of the molecule is Cc1cc(CNCCC2(c3cc(=O)cc[nH]3)CCOC3(CCCC3)C2)sc1C. The Morgan fingerprint density at radius 2 is 2.04 bits per heavy atom. The zero-order valence-corrected chi connectivity index (χ0v) is 17.9. The van der Waals surface area contributed by atoms with Gasteiger partial charge in [0.1, 0.15) is 0 Å². The third kappa shape index (κ3) is 4.12. The van der Waals surface area contributed by atoms with Gasteiger partial charge >= 0.3 is 0 Å². The van der Waals surface area contributed by atoms with Crippen LogP contribution in [0.2, 0.25) is 0 Å². The molecule has 2 aromatic heterocycles. The third-order valence-electron chi connectivity index (χ3n) is 6.81. The van der Waals surface area contributed by atoms with E-state index >= 15 is 0 Å². The van der Waals surface area contributed by atoms with Gasteiger partial charge in [-0.2, -0.15) is 0 Å². The molecule has 1 saturated carbocycles. The molecule has 1 aliphatic heterocycles. The van der Waals surface area contributed by atoms with Crippen molar-refractivity contribution in [1.82, 2.24) is 10.3 Å². The lowest BCUT2D eigenvalue weighted by Gasteiger charge is -2.46. The van der Waals surface area contributed by atoms with E-state index < -0.39 is 0 Å². The maximum absolute atomic E-state index is 12.1. The molecule has 5 heteroatoms. The Kier molecular flexibility index (Phi) is 5.77. The number of hydrogen-bond acceptors (Lipinski definition) is 4. The van der Waals surface area contributed by atoms with Gasteiger partial charge in [0.05, 0.1) is 5.60 Å². The molecule has 1 saturated heterocycles. The summed E-state index contributed by atoms with van der Waals surface area (Å²) >= 11 is 1.88. The summed E-state index contributed by atoms with van der Waals surface area (Å²) in [5.74, 6) is 0. The van der Waals surface area contributed by atoms with Crippen molar-refractivity contribution >= 4 is 11.3 Å². The standard InChI is InChI=1S/C23H32N2O2S/c1-17-13-20(28-18(17)2)15-24-11-8-22(21-14-19(26)5-10-25-21)9-12-27-23(16-22)6-3-4-7-23/h5,10,13-14,24H,3-4,6-9,11-12,15-16H2,1-2H3,(H,25,26). The highest BCUT2D eigenvalue weighted by Gasteiger charge is 2.48. The Balaban J connectivity index is 1.49. The van der Waals surface area contributed by atoms with E-state index in [4.69, 9.17) is 4.74 Å². The second-order valence-corrected chi connectivity index (χ2v) is 10.1. The fourth-order valence-corrected chi connectivity index (χ4v) is 6.19. The van der Waals surface area contributed by atoms with Crippen LogP contribution >= 0.6 is 11.3 Å². The minimum atomic E-state index is -0.00269. The van der Waals surface area contributed by atoms with Gasteiger partial charge in [0, 0.05) is 52.3 Å². The van der Waals surface area contributed by atoms with Crippen molar-refractivity contribution in [2.75, 3.05) is 13.2 Å². The molecule has 2 aliphatic rings. The highest BCUT2D eigenvalue weighted by molar-refractivity contribution is 7.12. The average molecular weight is 401 g/mol. The second kappa shape index (κ2) is 8.13. The maximum Gasteiger partial charge on any atom is 0.181 e. The number of aromatic nitrogens is 1. The van der Waals surface area contributed by atoms with Crippen molar-refractivity contribution in [3.8, 4) is 0 Å². The van der Waals surface area contributed by atoms with Gasteiger partial charge in [-0.05, 0) is 64.1 Å². The first-order valence-corrected chi connectivity index (χ1v) is 11.4. The van der Waals surface area contributed by atoms with E-state index in [1.165, 1.54) is 28.2 Å². The predicted molar refractivity (Wildman–Crippen MR) is 115 cm³/mol. The van der Waals surface area contributed by atoms with Gasteiger partial charge < -0.3 is 15.0 Å². The molecule has 1 aliphatic carbocycles. The molecule has 3 heterocycles. The number of rotatable bonds is 6. The molecule has 0 bridgehead atoms. The third-order valence-corrected chi connectivity index (χ3v) is 7.96. The quantitative estimate of drug-likeness (QED) is 0.697. The molecule has 1 unspecified atom stereocenters. The summed E-state index contributed by atoms with van der Waals surface area (Å²) in [6.45, 7) is 7.03.